The molecule has 1 aromatic heterocycles. The first kappa shape index (κ1) is 17.3. The highest BCUT2D eigenvalue weighted by Crippen LogP contribution is 2.35. The van der Waals surface area contributed by atoms with E-state index in [9.17, 15) is 4.79 Å². The second-order valence-corrected chi connectivity index (χ2v) is 7.84. The molecule has 5 rings (SSSR count). The summed E-state index contributed by atoms with van der Waals surface area (Å²) in [7, 11) is 1.60. The van der Waals surface area contributed by atoms with Crippen molar-refractivity contribution in [1.82, 2.24) is 15.2 Å². The van der Waals surface area contributed by atoms with E-state index in [4.69, 9.17) is 9.47 Å². The number of benzene rings is 1. The number of thiazole rings is 1. The maximum absolute atomic E-state index is 12.7. The molecule has 3 saturated heterocycles. The van der Waals surface area contributed by atoms with Crippen molar-refractivity contribution >= 4 is 17.2 Å². The summed E-state index contributed by atoms with van der Waals surface area (Å²) >= 11 is 1.25. The van der Waals surface area contributed by atoms with E-state index in [2.05, 4.69) is 22.1 Å². The average Bonchev–Trinajstić information content (AvgIpc) is 3.14. The van der Waals surface area contributed by atoms with Crippen molar-refractivity contribution in [3.8, 4) is 16.6 Å². The van der Waals surface area contributed by atoms with Gasteiger partial charge in [0.05, 0.1) is 13.3 Å². The van der Waals surface area contributed by atoms with Gasteiger partial charge in [0.15, 0.2) is 16.5 Å². The average molecular weight is 373 g/mol. The van der Waals surface area contributed by atoms with Crippen molar-refractivity contribution in [3.63, 3.8) is 0 Å². The molecule has 0 radical (unpaired) electrons. The molecule has 2 unspecified atom stereocenters. The Labute approximate surface area is 157 Å². The fourth-order valence-corrected chi connectivity index (χ4v) is 4.67. The van der Waals surface area contributed by atoms with Gasteiger partial charge in [-0.05, 0) is 50.9 Å². The molecule has 2 aromatic rings. The van der Waals surface area contributed by atoms with Crippen LogP contribution >= 0.6 is 11.3 Å². The molecule has 6 nitrogen and oxygen atoms in total. The molecular formula is C19H23N3O3S. The van der Waals surface area contributed by atoms with Crippen LogP contribution < -0.4 is 14.8 Å². The minimum Gasteiger partial charge on any atom is -0.493 e. The molecule has 138 valence electrons. The quantitative estimate of drug-likeness (QED) is 0.872. The zero-order valence-electron chi connectivity index (χ0n) is 15.0. The Hall–Kier alpha value is -2.12. The monoisotopic (exact) mass is 373 g/mol. The molecule has 26 heavy (non-hydrogen) atoms. The lowest BCUT2D eigenvalue weighted by molar-refractivity contribution is 0.0217. The third kappa shape index (κ3) is 3.29. The number of fused-ring (bicyclic) bond motifs is 3. The van der Waals surface area contributed by atoms with Crippen molar-refractivity contribution in [1.29, 1.82) is 0 Å². The van der Waals surface area contributed by atoms with Crippen LogP contribution in [0, 0.1) is 5.92 Å². The van der Waals surface area contributed by atoms with Gasteiger partial charge in [0.2, 0.25) is 5.06 Å². The number of ether oxygens (including phenoxy) is 2. The van der Waals surface area contributed by atoms with Crippen molar-refractivity contribution in [2.45, 2.75) is 31.8 Å². The highest BCUT2D eigenvalue weighted by atomic mass is 32.1. The van der Waals surface area contributed by atoms with Gasteiger partial charge in [0.1, 0.15) is 0 Å². The number of piperidine rings is 3. The Balaban J connectivity index is 1.43. The Morgan fingerprint density at radius 2 is 2.00 bits per heavy atom. The van der Waals surface area contributed by atoms with Crippen molar-refractivity contribution in [2.24, 2.45) is 5.92 Å². The number of carbonyl (C=O) groups excluding carboxylic acids is 1. The summed E-state index contributed by atoms with van der Waals surface area (Å²) in [6, 6.07) is 8.00. The predicted octanol–water partition coefficient (Wildman–Crippen LogP) is 3.16. The van der Waals surface area contributed by atoms with E-state index in [0.717, 1.165) is 25.9 Å². The lowest BCUT2D eigenvalue weighted by Crippen LogP contribution is -2.62. The number of amides is 1. The van der Waals surface area contributed by atoms with Gasteiger partial charge in [-0.2, -0.15) is 0 Å². The van der Waals surface area contributed by atoms with Crippen LogP contribution in [0.15, 0.2) is 30.5 Å². The lowest BCUT2D eigenvalue weighted by atomic mass is 9.79. The first-order valence-corrected chi connectivity index (χ1v) is 9.79. The van der Waals surface area contributed by atoms with Crippen LogP contribution in [0.4, 0.5) is 0 Å². The standard InChI is InChI=1S/C19H23N3O3S/c1-12-17(13-7-9-22(12)10-8-13)21-18(23)19-20-11-16(26-19)25-15-6-4-3-5-14(15)24-2/h3-6,11-13,17H,7-10H2,1-2H3,(H,21,23). The summed E-state index contributed by atoms with van der Waals surface area (Å²) < 4.78 is 11.1. The number of carbonyl (C=O) groups is 1. The van der Waals surface area contributed by atoms with Crippen LogP contribution in [0.1, 0.15) is 29.6 Å². The molecule has 4 heterocycles. The van der Waals surface area contributed by atoms with E-state index < -0.39 is 0 Å². The van der Waals surface area contributed by atoms with Crippen LogP contribution in [-0.4, -0.2) is 48.1 Å². The Morgan fingerprint density at radius 3 is 2.69 bits per heavy atom. The van der Waals surface area contributed by atoms with Gasteiger partial charge in [-0.25, -0.2) is 4.98 Å². The number of aromatic nitrogens is 1. The zero-order valence-corrected chi connectivity index (χ0v) is 15.8. The van der Waals surface area contributed by atoms with Crippen molar-refractivity contribution in [2.75, 3.05) is 20.2 Å². The fraction of sp³-hybridized carbons (Fsp3) is 0.474. The van der Waals surface area contributed by atoms with Gasteiger partial charge in [0.25, 0.3) is 5.91 Å². The lowest BCUT2D eigenvalue weighted by Gasteiger charge is -2.49. The minimum absolute atomic E-state index is 0.115. The van der Waals surface area contributed by atoms with Crippen molar-refractivity contribution in [3.05, 3.63) is 35.5 Å². The summed E-state index contributed by atoms with van der Waals surface area (Å²) in [5.41, 5.74) is 0. The molecule has 7 heteroatoms. The molecule has 0 spiro atoms. The Kier molecular flexibility index (Phi) is 4.82. The topological polar surface area (TPSA) is 63.7 Å². The molecule has 0 aliphatic carbocycles. The Bertz CT molecular complexity index is 784. The summed E-state index contributed by atoms with van der Waals surface area (Å²) in [6.07, 6.45) is 3.91. The van der Waals surface area contributed by atoms with Gasteiger partial charge in [0, 0.05) is 12.1 Å². The van der Waals surface area contributed by atoms with E-state index in [1.807, 2.05) is 24.3 Å². The summed E-state index contributed by atoms with van der Waals surface area (Å²) in [4.78, 5) is 19.4. The van der Waals surface area contributed by atoms with Gasteiger partial charge in [-0.3, -0.25) is 9.69 Å². The Morgan fingerprint density at radius 1 is 1.27 bits per heavy atom. The largest absolute Gasteiger partial charge is 0.493 e. The summed E-state index contributed by atoms with van der Waals surface area (Å²) in [6.45, 7) is 4.49. The van der Waals surface area contributed by atoms with E-state index in [-0.39, 0.29) is 11.9 Å². The molecule has 3 aliphatic rings. The zero-order chi connectivity index (χ0) is 18.1. The predicted molar refractivity (Wildman–Crippen MR) is 100 cm³/mol. The SMILES string of the molecule is COc1ccccc1Oc1cnc(C(=O)NC2C3CCN(CC3)C2C)s1. The molecular weight excluding hydrogens is 350 g/mol. The maximum atomic E-state index is 12.7. The van der Waals surface area contributed by atoms with Crippen LogP contribution in [0.5, 0.6) is 16.6 Å². The van der Waals surface area contributed by atoms with Crippen LogP contribution in [-0.2, 0) is 0 Å². The number of hydrogen-bond donors (Lipinski definition) is 1. The van der Waals surface area contributed by atoms with Gasteiger partial charge in [-0.1, -0.05) is 23.5 Å². The molecule has 3 aliphatic heterocycles. The fourth-order valence-electron chi connectivity index (χ4n) is 3.98. The number of nitrogens with zero attached hydrogens (tertiary/aromatic N) is 2. The van der Waals surface area contributed by atoms with E-state index in [0.29, 0.717) is 33.5 Å². The smallest absolute Gasteiger partial charge is 0.280 e. The third-order valence-electron chi connectivity index (χ3n) is 5.43. The summed E-state index contributed by atoms with van der Waals surface area (Å²) in [5.74, 6) is 1.71. The number of para-hydroxylation sites is 2. The van der Waals surface area contributed by atoms with E-state index in [1.165, 1.54) is 11.3 Å². The van der Waals surface area contributed by atoms with Gasteiger partial charge < -0.3 is 14.8 Å². The second-order valence-electron chi connectivity index (χ2n) is 6.85. The minimum atomic E-state index is -0.115. The number of methoxy groups -OCH3 is 1. The number of hydrogen-bond acceptors (Lipinski definition) is 6. The highest BCUT2D eigenvalue weighted by molar-refractivity contribution is 7.15. The normalized spacial score (nSPS) is 27.2. The molecule has 1 N–H and O–H groups in total. The maximum Gasteiger partial charge on any atom is 0.280 e. The van der Waals surface area contributed by atoms with Crippen LogP contribution in [0.25, 0.3) is 0 Å². The summed E-state index contributed by atoms with van der Waals surface area (Å²) in [5, 5.41) is 4.20. The van der Waals surface area contributed by atoms with E-state index >= 15 is 0 Å². The molecule has 1 amide bonds. The molecule has 3 fully saturated rings. The van der Waals surface area contributed by atoms with E-state index in [1.54, 1.807) is 13.3 Å². The van der Waals surface area contributed by atoms with Crippen LogP contribution in [0.2, 0.25) is 0 Å². The highest BCUT2D eigenvalue weighted by Gasteiger charge is 2.40. The van der Waals surface area contributed by atoms with Crippen LogP contribution in [0.3, 0.4) is 0 Å². The van der Waals surface area contributed by atoms with Crippen molar-refractivity contribution < 1.29 is 14.3 Å². The first-order valence-electron chi connectivity index (χ1n) is 8.97. The molecule has 0 saturated carbocycles. The second kappa shape index (κ2) is 7.25. The number of nitrogens with one attached hydrogen (secondary N) is 1. The molecule has 2 atom stereocenters. The molecule has 1 aromatic carbocycles. The number of rotatable bonds is 5. The van der Waals surface area contributed by atoms with Gasteiger partial charge >= 0.3 is 0 Å². The van der Waals surface area contributed by atoms with Gasteiger partial charge in [-0.15, -0.1) is 0 Å². The molecule has 2 bridgehead atoms. The third-order valence-corrected chi connectivity index (χ3v) is 6.31. The first-order chi connectivity index (χ1) is 12.7.